The minimum Gasteiger partial charge on any atom is -0.357 e. The number of hydrazine groups is 1. The number of anilines is 2. The maximum atomic E-state index is 5.56. The summed E-state index contributed by atoms with van der Waals surface area (Å²) in [5.74, 6) is 8.78. The first kappa shape index (κ1) is 14.6. The summed E-state index contributed by atoms with van der Waals surface area (Å²) < 4.78 is 0. The van der Waals surface area contributed by atoms with Gasteiger partial charge in [0.2, 0.25) is 0 Å². The van der Waals surface area contributed by atoms with Crippen molar-refractivity contribution in [1.82, 2.24) is 9.97 Å². The highest BCUT2D eigenvalue weighted by Crippen LogP contribution is 2.40. The molecule has 5 heteroatoms. The molecule has 0 unspecified atom stereocenters. The van der Waals surface area contributed by atoms with Crippen LogP contribution in [0.5, 0.6) is 0 Å². The summed E-state index contributed by atoms with van der Waals surface area (Å²) in [7, 11) is 2.16. The van der Waals surface area contributed by atoms with Gasteiger partial charge in [0.1, 0.15) is 17.5 Å². The third-order valence-electron chi connectivity index (χ3n) is 5.04. The van der Waals surface area contributed by atoms with Crippen LogP contribution in [0.25, 0.3) is 0 Å². The lowest BCUT2D eigenvalue weighted by atomic mass is 9.75. The molecular formula is C16H27N5. The summed E-state index contributed by atoms with van der Waals surface area (Å²) in [6, 6.07) is 2.54. The molecule has 1 aromatic heterocycles. The Hall–Kier alpha value is -1.36. The lowest BCUT2D eigenvalue weighted by Gasteiger charge is -2.39. The lowest BCUT2D eigenvalue weighted by Crippen LogP contribution is -2.37. The van der Waals surface area contributed by atoms with Crippen LogP contribution in [0.3, 0.4) is 0 Å². The number of nitrogens with two attached hydrogens (primary N) is 1. The molecule has 2 aliphatic rings. The molecule has 0 spiro atoms. The van der Waals surface area contributed by atoms with Crippen LogP contribution in [0.1, 0.15) is 64.1 Å². The topological polar surface area (TPSA) is 67.1 Å². The molecule has 0 aliphatic heterocycles. The highest BCUT2D eigenvalue weighted by Gasteiger charge is 2.31. The number of nitrogens with one attached hydrogen (secondary N) is 1. The first-order valence-corrected chi connectivity index (χ1v) is 8.07. The van der Waals surface area contributed by atoms with Gasteiger partial charge in [0.05, 0.1) is 0 Å². The van der Waals surface area contributed by atoms with Crippen LogP contribution in [0.2, 0.25) is 0 Å². The van der Waals surface area contributed by atoms with Crippen molar-refractivity contribution in [2.75, 3.05) is 17.4 Å². The van der Waals surface area contributed by atoms with Crippen LogP contribution >= 0.6 is 0 Å². The molecule has 0 saturated heterocycles. The van der Waals surface area contributed by atoms with Crippen molar-refractivity contribution in [3.63, 3.8) is 0 Å². The molecule has 0 bridgehead atoms. The fourth-order valence-electron chi connectivity index (χ4n) is 3.19. The number of aromatic nitrogens is 2. The van der Waals surface area contributed by atoms with Gasteiger partial charge < -0.3 is 10.3 Å². The summed E-state index contributed by atoms with van der Waals surface area (Å²) in [5.41, 5.74) is 3.18. The van der Waals surface area contributed by atoms with Crippen molar-refractivity contribution in [3.05, 3.63) is 11.9 Å². The van der Waals surface area contributed by atoms with Crippen LogP contribution in [0, 0.1) is 5.41 Å². The van der Waals surface area contributed by atoms with E-state index in [1.807, 2.05) is 6.07 Å². The van der Waals surface area contributed by atoms with Crippen molar-refractivity contribution < 1.29 is 0 Å². The number of hydrogen-bond donors (Lipinski definition) is 2. The largest absolute Gasteiger partial charge is 0.357 e. The molecular weight excluding hydrogens is 262 g/mol. The van der Waals surface area contributed by atoms with Crippen LogP contribution in [0.15, 0.2) is 6.07 Å². The van der Waals surface area contributed by atoms with Gasteiger partial charge >= 0.3 is 0 Å². The molecule has 3 N–H and O–H groups in total. The van der Waals surface area contributed by atoms with Crippen molar-refractivity contribution in [2.45, 2.75) is 64.3 Å². The average molecular weight is 289 g/mol. The molecule has 2 fully saturated rings. The van der Waals surface area contributed by atoms with E-state index in [1.54, 1.807) is 0 Å². The zero-order valence-corrected chi connectivity index (χ0v) is 13.4. The zero-order chi connectivity index (χ0) is 15.0. The molecule has 116 valence electrons. The summed E-state index contributed by atoms with van der Waals surface area (Å²) in [6.07, 6.45) is 7.44. The molecule has 21 heavy (non-hydrogen) atoms. The van der Waals surface area contributed by atoms with Gasteiger partial charge in [-0.1, -0.05) is 13.8 Å². The molecule has 1 heterocycles. The molecule has 2 aliphatic carbocycles. The van der Waals surface area contributed by atoms with Crippen LogP contribution in [-0.2, 0) is 0 Å². The third kappa shape index (κ3) is 3.28. The van der Waals surface area contributed by atoms with Crippen LogP contribution in [0.4, 0.5) is 11.6 Å². The molecule has 0 atom stereocenters. The molecule has 0 aromatic carbocycles. The Morgan fingerprint density at radius 3 is 2.43 bits per heavy atom. The van der Waals surface area contributed by atoms with Gasteiger partial charge in [-0.3, -0.25) is 0 Å². The van der Waals surface area contributed by atoms with Crippen molar-refractivity contribution >= 4 is 11.6 Å². The zero-order valence-electron chi connectivity index (χ0n) is 13.4. The Kier molecular flexibility index (Phi) is 3.78. The van der Waals surface area contributed by atoms with Gasteiger partial charge in [-0.2, -0.15) is 0 Å². The minimum absolute atomic E-state index is 0.492. The van der Waals surface area contributed by atoms with Crippen molar-refractivity contribution in [2.24, 2.45) is 11.3 Å². The van der Waals surface area contributed by atoms with E-state index in [4.69, 9.17) is 10.8 Å². The molecule has 0 radical (unpaired) electrons. The number of hydrogen-bond acceptors (Lipinski definition) is 5. The summed E-state index contributed by atoms with van der Waals surface area (Å²) >= 11 is 0. The van der Waals surface area contributed by atoms with E-state index in [2.05, 4.69) is 36.2 Å². The Bertz CT molecular complexity index is 499. The predicted octanol–water partition coefficient (Wildman–Crippen LogP) is 3.04. The summed E-state index contributed by atoms with van der Waals surface area (Å²) in [6.45, 7) is 4.74. The van der Waals surface area contributed by atoms with Crippen molar-refractivity contribution in [3.8, 4) is 0 Å². The van der Waals surface area contributed by atoms with Gasteiger partial charge in [-0.25, -0.2) is 15.8 Å². The second-order valence-electron chi connectivity index (χ2n) is 7.39. The van der Waals surface area contributed by atoms with E-state index in [0.717, 1.165) is 17.5 Å². The van der Waals surface area contributed by atoms with Gasteiger partial charge in [0, 0.05) is 25.1 Å². The fraction of sp³-hybridized carbons (Fsp3) is 0.750. The molecule has 0 amide bonds. The van der Waals surface area contributed by atoms with Crippen LogP contribution in [-0.4, -0.2) is 23.1 Å². The third-order valence-corrected chi connectivity index (χ3v) is 5.04. The normalized spacial score (nSPS) is 22.1. The monoisotopic (exact) mass is 289 g/mol. The van der Waals surface area contributed by atoms with E-state index in [-0.39, 0.29) is 0 Å². The maximum Gasteiger partial charge on any atom is 0.145 e. The Morgan fingerprint density at radius 2 is 1.86 bits per heavy atom. The standard InChI is InChI=1S/C16H27N5/c1-16(2)8-6-12(7-9-16)21(3)14-10-13(20-17)18-15(19-14)11-4-5-11/h10-12H,4-9,17H2,1-3H3,(H,18,19,20). The van der Waals surface area contributed by atoms with Gasteiger partial charge in [-0.05, 0) is 43.9 Å². The Morgan fingerprint density at radius 1 is 1.19 bits per heavy atom. The maximum absolute atomic E-state index is 5.56. The molecule has 5 nitrogen and oxygen atoms in total. The highest BCUT2D eigenvalue weighted by molar-refractivity contribution is 5.49. The summed E-state index contributed by atoms with van der Waals surface area (Å²) in [5, 5.41) is 0. The highest BCUT2D eigenvalue weighted by atomic mass is 15.3. The second-order valence-corrected chi connectivity index (χ2v) is 7.39. The van der Waals surface area contributed by atoms with E-state index >= 15 is 0 Å². The smallest absolute Gasteiger partial charge is 0.145 e. The first-order valence-electron chi connectivity index (χ1n) is 8.07. The molecule has 2 saturated carbocycles. The minimum atomic E-state index is 0.492. The molecule has 1 aromatic rings. The van der Waals surface area contributed by atoms with Gasteiger partial charge in [-0.15, -0.1) is 0 Å². The van der Waals surface area contributed by atoms with E-state index < -0.39 is 0 Å². The Labute approximate surface area is 127 Å². The van der Waals surface area contributed by atoms with E-state index in [9.17, 15) is 0 Å². The van der Waals surface area contributed by atoms with Crippen LogP contribution < -0.4 is 16.2 Å². The predicted molar refractivity (Wildman–Crippen MR) is 86.3 cm³/mol. The molecule has 3 rings (SSSR count). The van der Waals surface area contributed by atoms with Gasteiger partial charge in [0.25, 0.3) is 0 Å². The quantitative estimate of drug-likeness (QED) is 0.658. The fourth-order valence-corrected chi connectivity index (χ4v) is 3.19. The second kappa shape index (κ2) is 5.44. The van der Waals surface area contributed by atoms with Crippen molar-refractivity contribution in [1.29, 1.82) is 0 Å². The van der Waals surface area contributed by atoms with Gasteiger partial charge in [0.15, 0.2) is 0 Å². The Balaban J connectivity index is 1.77. The van der Waals surface area contributed by atoms with E-state index in [1.165, 1.54) is 38.5 Å². The SMILES string of the molecule is CN(c1cc(NN)nc(C2CC2)n1)C1CCC(C)(C)CC1. The average Bonchev–Trinajstić information content (AvgIpc) is 3.30. The number of nitrogens with zero attached hydrogens (tertiary/aromatic N) is 3. The van der Waals surface area contributed by atoms with E-state index in [0.29, 0.717) is 17.4 Å². The number of rotatable bonds is 4. The number of nitrogen functional groups attached to an aromatic ring is 1. The first-order chi connectivity index (χ1) is 9.98. The summed E-state index contributed by atoms with van der Waals surface area (Å²) in [4.78, 5) is 11.6. The lowest BCUT2D eigenvalue weighted by molar-refractivity contribution is 0.222.